The second-order valence-corrected chi connectivity index (χ2v) is 5.91. The lowest BCUT2D eigenvalue weighted by molar-refractivity contribution is -0.147. The molecule has 0 bridgehead atoms. The molecule has 0 unspecified atom stereocenters. The van der Waals surface area contributed by atoms with Gasteiger partial charge < -0.3 is 19.3 Å². The van der Waals surface area contributed by atoms with Gasteiger partial charge in [0.2, 0.25) is 5.91 Å². The van der Waals surface area contributed by atoms with Crippen molar-refractivity contribution in [2.24, 2.45) is 0 Å². The highest BCUT2D eigenvalue weighted by Crippen LogP contribution is 2.35. The third kappa shape index (κ3) is 4.51. The van der Waals surface area contributed by atoms with E-state index in [0.717, 1.165) is 5.69 Å². The highest BCUT2D eigenvalue weighted by Gasteiger charge is 2.26. The predicted octanol–water partition coefficient (Wildman–Crippen LogP) is 1.95. The Morgan fingerprint density at radius 3 is 2.91 bits per heavy atom. The zero-order valence-electron chi connectivity index (χ0n) is 13.5. The Morgan fingerprint density at radius 1 is 1.48 bits per heavy atom. The summed E-state index contributed by atoms with van der Waals surface area (Å²) in [5.74, 6) is 0.120. The first-order valence-corrected chi connectivity index (χ1v) is 7.89. The summed E-state index contributed by atoms with van der Waals surface area (Å²) < 4.78 is 10.6. The van der Waals surface area contributed by atoms with Gasteiger partial charge in [0.25, 0.3) is 0 Å². The number of rotatable bonds is 5. The molecule has 7 heteroatoms. The first kappa shape index (κ1) is 17.4. The van der Waals surface area contributed by atoms with Gasteiger partial charge in [-0.2, -0.15) is 0 Å². The van der Waals surface area contributed by atoms with Crippen LogP contribution in [0.1, 0.15) is 13.8 Å². The number of nitrogens with zero attached hydrogens (tertiary/aromatic N) is 2. The fraction of sp³-hybridized carbons (Fsp3) is 0.500. The summed E-state index contributed by atoms with van der Waals surface area (Å²) in [5.41, 5.74) is 0.786. The predicted molar refractivity (Wildman–Crippen MR) is 88.0 cm³/mol. The highest BCUT2D eigenvalue weighted by molar-refractivity contribution is 6.31. The molecule has 1 aliphatic heterocycles. The van der Waals surface area contributed by atoms with Gasteiger partial charge in [-0.05, 0) is 32.0 Å². The summed E-state index contributed by atoms with van der Waals surface area (Å²) in [7, 11) is 1.59. The third-order valence-corrected chi connectivity index (χ3v) is 3.73. The SMILES string of the molecule is CCOC(=O)CN(C)C(=O)CN1C[C@@H](C)Oc2ccc(Cl)cc21. The van der Waals surface area contributed by atoms with E-state index in [2.05, 4.69) is 0 Å². The molecule has 126 valence electrons. The second-order valence-electron chi connectivity index (χ2n) is 5.48. The van der Waals surface area contributed by atoms with E-state index in [-0.39, 0.29) is 25.1 Å². The van der Waals surface area contributed by atoms with Gasteiger partial charge in [0.05, 0.1) is 25.4 Å². The van der Waals surface area contributed by atoms with E-state index in [0.29, 0.717) is 23.9 Å². The first-order chi connectivity index (χ1) is 10.9. The van der Waals surface area contributed by atoms with Crippen LogP contribution in [0.25, 0.3) is 0 Å². The third-order valence-electron chi connectivity index (χ3n) is 3.49. The van der Waals surface area contributed by atoms with Gasteiger partial charge in [-0.3, -0.25) is 9.59 Å². The van der Waals surface area contributed by atoms with Crippen molar-refractivity contribution < 1.29 is 19.1 Å². The minimum Gasteiger partial charge on any atom is -0.487 e. The maximum absolute atomic E-state index is 12.4. The van der Waals surface area contributed by atoms with Crippen LogP contribution >= 0.6 is 11.6 Å². The van der Waals surface area contributed by atoms with Gasteiger partial charge >= 0.3 is 5.97 Å². The number of fused-ring (bicyclic) bond motifs is 1. The topological polar surface area (TPSA) is 59.1 Å². The molecular formula is C16H21ClN2O4. The molecule has 0 spiro atoms. The van der Waals surface area contributed by atoms with E-state index in [1.54, 1.807) is 32.2 Å². The number of esters is 1. The maximum Gasteiger partial charge on any atom is 0.325 e. The van der Waals surface area contributed by atoms with Crippen LogP contribution in [0.15, 0.2) is 18.2 Å². The molecule has 1 atom stereocenters. The molecule has 0 saturated heterocycles. The van der Waals surface area contributed by atoms with Crippen molar-refractivity contribution >= 4 is 29.2 Å². The number of hydrogen-bond acceptors (Lipinski definition) is 5. The average Bonchev–Trinajstić information content (AvgIpc) is 2.48. The van der Waals surface area contributed by atoms with Crippen LogP contribution in [-0.2, 0) is 14.3 Å². The molecule has 1 aromatic rings. The summed E-state index contributed by atoms with van der Waals surface area (Å²) in [4.78, 5) is 27.1. The molecule has 1 aliphatic rings. The number of likely N-dealkylation sites (N-methyl/N-ethyl adjacent to an activating group) is 1. The smallest absolute Gasteiger partial charge is 0.325 e. The number of anilines is 1. The van der Waals surface area contributed by atoms with Crippen molar-refractivity contribution in [1.29, 1.82) is 0 Å². The molecule has 2 rings (SSSR count). The monoisotopic (exact) mass is 340 g/mol. The van der Waals surface area contributed by atoms with E-state index in [4.69, 9.17) is 21.1 Å². The van der Waals surface area contributed by atoms with Crippen molar-refractivity contribution in [2.45, 2.75) is 20.0 Å². The minimum atomic E-state index is -0.415. The lowest BCUT2D eigenvalue weighted by Crippen LogP contribution is -2.45. The van der Waals surface area contributed by atoms with Gasteiger partial charge in [-0.1, -0.05) is 11.6 Å². The quantitative estimate of drug-likeness (QED) is 0.767. The van der Waals surface area contributed by atoms with E-state index in [1.165, 1.54) is 4.90 Å². The molecular weight excluding hydrogens is 320 g/mol. The molecule has 0 fully saturated rings. The Balaban J connectivity index is 2.06. The van der Waals surface area contributed by atoms with E-state index in [1.807, 2.05) is 11.8 Å². The number of hydrogen-bond donors (Lipinski definition) is 0. The zero-order chi connectivity index (χ0) is 17.0. The standard InChI is InChI=1S/C16H21ClN2O4/c1-4-22-16(21)10-18(3)15(20)9-19-8-11(2)23-14-6-5-12(17)7-13(14)19/h5-7,11H,4,8-10H2,1-3H3/t11-/m1/s1. The van der Waals surface area contributed by atoms with Gasteiger partial charge in [0.15, 0.2) is 0 Å². The summed E-state index contributed by atoms with van der Waals surface area (Å²) >= 11 is 6.04. The van der Waals surface area contributed by atoms with E-state index < -0.39 is 5.97 Å². The molecule has 1 heterocycles. The van der Waals surface area contributed by atoms with E-state index >= 15 is 0 Å². The number of carbonyl (C=O) groups is 2. The van der Waals surface area contributed by atoms with Crippen LogP contribution in [0.5, 0.6) is 5.75 Å². The van der Waals surface area contributed by atoms with Crippen LogP contribution in [-0.4, -0.2) is 56.2 Å². The highest BCUT2D eigenvalue weighted by atomic mass is 35.5. The molecule has 0 N–H and O–H groups in total. The van der Waals surface area contributed by atoms with Gasteiger partial charge in [0.1, 0.15) is 18.4 Å². The fourth-order valence-corrected chi connectivity index (χ4v) is 2.59. The lowest BCUT2D eigenvalue weighted by atomic mass is 10.2. The van der Waals surface area contributed by atoms with Crippen LogP contribution in [0.3, 0.4) is 0 Å². The van der Waals surface area contributed by atoms with Gasteiger partial charge in [-0.15, -0.1) is 0 Å². The molecule has 1 aromatic carbocycles. The second kappa shape index (κ2) is 7.55. The molecule has 0 saturated carbocycles. The largest absolute Gasteiger partial charge is 0.487 e. The summed E-state index contributed by atoms with van der Waals surface area (Å²) in [5, 5.41) is 0.583. The Kier molecular flexibility index (Phi) is 5.71. The number of carbonyl (C=O) groups excluding carboxylic acids is 2. The average molecular weight is 341 g/mol. The number of ether oxygens (including phenoxy) is 2. The minimum absolute atomic E-state index is 0.0353. The molecule has 0 aliphatic carbocycles. The Bertz CT molecular complexity index is 593. The molecule has 0 aromatic heterocycles. The van der Waals surface area contributed by atoms with Crippen LogP contribution in [0.4, 0.5) is 5.69 Å². The van der Waals surface area contributed by atoms with E-state index in [9.17, 15) is 9.59 Å². The summed E-state index contributed by atoms with van der Waals surface area (Å²) in [6.45, 7) is 4.64. The van der Waals surface area contributed by atoms with Crippen LogP contribution in [0.2, 0.25) is 5.02 Å². The first-order valence-electron chi connectivity index (χ1n) is 7.51. The molecule has 1 amide bonds. The Hall–Kier alpha value is -1.95. The Labute approximate surface area is 140 Å². The maximum atomic E-state index is 12.4. The van der Waals surface area contributed by atoms with Crippen LogP contribution in [0, 0.1) is 0 Å². The van der Waals surface area contributed by atoms with Crippen molar-refractivity contribution in [3.63, 3.8) is 0 Å². The fourth-order valence-electron chi connectivity index (χ4n) is 2.42. The van der Waals surface area contributed by atoms with Crippen LogP contribution < -0.4 is 9.64 Å². The Morgan fingerprint density at radius 2 is 2.22 bits per heavy atom. The molecule has 23 heavy (non-hydrogen) atoms. The van der Waals surface area contributed by atoms with Crippen molar-refractivity contribution in [1.82, 2.24) is 4.90 Å². The van der Waals surface area contributed by atoms with Crippen molar-refractivity contribution in [2.75, 3.05) is 38.2 Å². The summed E-state index contributed by atoms with van der Waals surface area (Å²) in [6.07, 6.45) is -0.0353. The van der Waals surface area contributed by atoms with Crippen molar-refractivity contribution in [3.8, 4) is 5.75 Å². The number of benzene rings is 1. The number of halogens is 1. The molecule has 6 nitrogen and oxygen atoms in total. The normalized spacial score (nSPS) is 16.3. The van der Waals surface area contributed by atoms with Gasteiger partial charge in [-0.25, -0.2) is 0 Å². The van der Waals surface area contributed by atoms with Crippen molar-refractivity contribution in [3.05, 3.63) is 23.2 Å². The zero-order valence-corrected chi connectivity index (χ0v) is 14.3. The summed E-state index contributed by atoms with van der Waals surface area (Å²) in [6, 6.07) is 5.33. The number of amides is 1. The lowest BCUT2D eigenvalue weighted by Gasteiger charge is -2.35. The van der Waals surface area contributed by atoms with Gasteiger partial charge in [0, 0.05) is 12.1 Å². The molecule has 0 radical (unpaired) electrons.